The maximum atomic E-state index is 11.7. The van der Waals surface area contributed by atoms with Crippen molar-refractivity contribution in [2.24, 2.45) is 0 Å². The summed E-state index contributed by atoms with van der Waals surface area (Å²) in [5.41, 5.74) is 0. The molecule has 0 aliphatic heterocycles. The Labute approximate surface area is 93.3 Å². The summed E-state index contributed by atoms with van der Waals surface area (Å²) < 4.78 is 28.2. The number of sulfone groups is 1. The Morgan fingerprint density at radius 1 is 1.40 bits per heavy atom. The zero-order valence-electron chi connectivity index (χ0n) is 9.95. The molecule has 0 fully saturated rings. The molecule has 15 heavy (non-hydrogen) atoms. The van der Waals surface area contributed by atoms with Gasteiger partial charge >= 0.3 is 0 Å². The molecule has 92 valence electrons. The van der Waals surface area contributed by atoms with Gasteiger partial charge in [0, 0.05) is 20.3 Å². The first-order valence-corrected chi connectivity index (χ1v) is 7.17. The highest BCUT2D eigenvalue weighted by molar-refractivity contribution is 7.92. The molecule has 0 aliphatic carbocycles. The first kappa shape index (κ1) is 14.9. The summed E-state index contributed by atoms with van der Waals surface area (Å²) in [5, 5.41) is 2.82. The van der Waals surface area contributed by atoms with E-state index in [4.69, 9.17) is 4.74 Å². The number of hydrogen-bond donors (Lipinski definition) is 1. The molecule has 0 rings (SSSR count). The monoisotopic (exact) mass is 237 g/mol. The lowest BCUT2D eigenvalue weighted by Gasteiger charge is -2.13. The number of hydrogen-bond acceptors (Lipinski definition) is 4. The average molecular weight is 237 g/mol. The minimum atomic E-state index is -2.96. The van der Waals surface area contributed by atoms with Crippen molar-refractivity contribution in [2.75, 3.05) is 32.6 Å². The lowest BCUT2D eigenvalue weighted by atomic mass is 10.4. The molecule has 1 N–H and O–H groups in total. The van der Waals surface area contributed by atoms with Crippen LogP contribution in [-0.4, -0.2) is 46.2 Å². The molecule has 4 nitrogen and oxygen atoms in total. The van der Waals surface area contributed by atoms with E-state index in [0.717, 1.165) is 13.0 Å². The molecule has 0 heterocycles. The van der Waals surface area contributed by atoms with Gasteiger partial charge in [-0.15, -0.1) is 0 Å². The summed E-state index contributed by atoms with van der Waals surface area (Å²) in [6.45, 7) is 5.74. The Bertz CT molecular complexity index is 239. The first-order valence-electron chi connectivity index (χ1n) is 5.45. The molecular weight excluding hydrogens is 214 g/mol. The molecule has 0 bridgehead atoms. The average Bonchev–Trinajstić information content (AvgIpc) is 2.18. The van der Waals surface area contributed by atoms with Gasteiger partial charge < -0.3 is 10.1 Å². The van der Waals surface area contributed by atoms with Gasteiger partial charge in [-0.05, 0) is 26.3 Å². The number of rotatable bonds is 9. The highest BCUT2D eigenvalue weighted by Crippen LogP contribution is 2.03. The van der Waals surface area contributed by atoms with Gasteiger partial charge in [-0.3, -0.25) is 0 Å². The van der Waals surface area contributed by atoms with E-state index in [1.165, 1.54) is 0 Å². The molecule has 1 atom stereocenters. The topological polar surface area (TPSA) is 55.4 Å². The summed E-state index contributed by atoms with van der Waals surface area (Å²) in [4.78, 5) is 0. The van der Waals surface area contributed by atoms with E-state index >= 15 is 0 Å². The molecule has 5 heteroatoms. The minimum absolute atomic E-state index is 0.218. The van der Waals surface area contributed by atoms with E-state index in [0.29, 0.717) is 19.6 Å². The summed E-state index contributed by atoms with van der Waals surface area (Å²) in [6, 6.07) is 0. The Kier molecular flexibility index (Phi) is 8.00. The van der Waals surface area contributed by atoms with Crippen molar-refractivity contribution in [2.45, 2.75) is 31.9 Å². The third-order valence-corrected chi connectivity index (χ3v) is 4.50. The van der Waals surface area contributed by atoms with E-state index in [9.17, 15) is 8.42 Å². The molecule has 1 unspecified atom stereocenters. The maximum Gasteiger partial charge on any atom is 0.154 e. The first-order chi connectivity index (χ1) is 7.04. The van der Waals surface area contributed by atoms with E-state index < -0.39 is 9.84 Å². The van der Waals surface area contributed by atoms with Crippen molar-refractivity contribution >= 4 is 9.84 Å². The van der Waals surface area contributed by atoms with Crippen molar-refractivity contribution in [3.63, 3.8) is 0 Å². The van der Waals surface area contributed by atoms with Gasteiger partial charge in [-0.1, -0.05) is 6.92 Å². The van der Waals surface area contributed by atoms with Crippen LogP contribution >= 0.6 is 0 Å². The smallest absolute Gasteiger partial charge is 0.154 e. The lowest BCUT2D eigenvalue weighted by molar-refractivity contribution is 0.199. The fraction of sp³-hybridized carbons (Fsp3) is 1.00. The molecule has 0 aromatic heterocycles. The standard InChI is InChI=1S/C10H23NO3S/c1-4-6-11-9-10(2)15(12,13)8-5-7-14-3/h10-11H,4-9H2,1-3H3. The molecule has 0 saturated carbocycles. The zero-order valence-corrected chi connectivity index (χ0v) is 10.8. The van der Waals surface area contributed by atoms with Crippen LogP contribution in [0.5, 0.6) is 0 Å². The zero-order chi connectivity index (χ0) is 11.7. The Hall–Kier alpha value is -0.130. The van der Waals surface area contributed by atoms with Crippen molar-refractivity contribution in [3.8, 4) is 0 Å². The fourth-order valence-corrected chi connectivity index (χ4v) is 2.51. The highest BCUT2D eigenvalue weighted by Gasteiger charge is 2.19. The van der Waals surface area contributed by atoms with Gasteiger partial charge in [0.25, 0.3) is 0 Å². The second-order valence-electron chi connectivity index (χ2n) is 3.73. The largest absolute Gasteiger partial charge is 0.385 e. The van der Waals surface area contributed by atoms with Crippen molar-refractivity contribution in [3.05, 3.63) is 0 Å². The van der Waals surface area contributed by atoms with Crippen LogP contribution < -0.4 is 5.32 Å². The van der Waals surface area contributed by atoms with E-state index in [-0.39, 0.29) is 11.0 Å². The van der Waals surface area contributed by atoms with Gasteiger partial charge in [-0.2, -0.15) is 0 Å². The fourth-order valence-electron chi connectivity index (χ4n) is 1.21. The third-order valence-electron chi connectivity index (χ3n) is 2.25. The van der Waals surface area contributed by atoms with Crippen molar-refractivity contribution in [1.82, 2.24) is 5.32 Å². The number of nitrogens with one attached hydrogen (secondary N) is 1. The van der Waals surface area contributed by atoms with Gasteiger partial charge in [0.05, 0.1) is 11.0 Å². The third kappa shape index (κ3) is 6.87. The van der Waals surface area contributed by atoms with Crippen molar-refractivity contribution < 1.29 is 13.2 Å². The highest BCUT2D eigenvalue weighted by atomic mass is 32.2. The van der Waals surface area contributed by atoms with Crippen LogP contribution in [0.3, 0.4) is 0 Å². The summed E-state index contributed by atoms with van der Waals surface area (Å²) in [7, 11) is -1.37. The van der Waals surface area contributed by atoms with Crippen LogP contribution in [0.4, 0.5) is 0 Å². The molecule has 0 amide bonds. The Morgan fingerprint density at radius 2 is 2.07 bits per heavy atom. The number of methoxy groups -OCH3 is 1. The van der Waals surface area contributed by atoms with Crippen LogP contribution in [0.2, 0.25) is 0 Å². The van der Waals surface area contributed by atoms with Gasteiger partial charge in [0.1, 0.15) is 0 Å². The molecule has 0 aromatic rings. The molecule has 0 saturated heterocycles. The number of ether oxygens (including phenoxy) is 1. The predicted octanol–water partition coefficient (Wildman–Crippen LogP) is 0.826. The maximum absolute atomic E-state index is 11.7. The SMILES string of the molecule is CCCNCC(C)S(=O)(=O)CCCOC. The Morgan fingerprint density at radius 3 is 2.60 bits per heavy atom. The molecule has 0 aromatic carbocycles. The van der Waals surface area contributed by atoms with Crippen LogP contribution in [0.25, 0.3) is 0 Å². The second-order valence-corrected chi connectivity index (χ2v) is 6.27. The van der Waals surface area contributed by atoms with Gasteiger partial charge in [0.2, 0.25) is 0 Å². The molecular formula is C10H23NO3S. The van der Waals surface area contributed by atoms with Crippen LogP contribution in [0.15, 0.2) is 0 Å². The predicted molar refractivity (Wildman–Crippen MR) is 62.9 cm³/mol. The summed E-state index contributed by atoms with van der Waals surface area (Å²) >= 11 is 0. The molecule has 0 aliphatic rings. The minimum Gasteiger partial charge on any atom is -0.385 e. The van der Waals surface area contributed by atoms with Gasteiger partial charge in [-0.25, -0.2) is 8.42 Å². The second kappa shape index (κ2) is 8.07. The van der Waals surface area contributed by atoms with Crippen LogP contribution in [0.1, 0.15) is 26.7 Å². The summed E-state index contributed by atoms with van der Waals surface area (Å²) in [5.74, 6) is 0.218. The molecule has 0 radical (unpaired) electrons. The lowest BCUT2D eigenvalue weighted by Crippen LogP contribution is -2.33. The van der Waals surface area contributed by atoms with Gasteiger partial charge in [0.15, 0.2) is 9.84 Å². The quantitative estimate of drug-likeness (QED) is 0.603. The van der Waals surface area contributed by atoms with Crippen LogP contribution in [0, 0.1) is 0 Å². The van der Waals surface area contributed by atoms with E-state index in [2.05, 4.69) is 12.2 Å². The Balaban J connectivity index is 3.86. The van der Waals surface area contributed by atoms with E-state index in [1.54, 1.807) is 14.0 Å². The van der Waals surface area contributed by atoms with E-state index in [1.807, 2.05) is 0 Å². The normalized spacial score (nSPS) is 14.1. The molecule has 0 spiro atoms. The summed E-state index contributed by atoms with van der Waals surface area (Å²) in [6.07, 6.45) is 1.60. The van der Waals surface area contributed by atoms with Crippen LogP contribution in [-0.2, 0) is 14.6 Å². The van der Waals surface area contributed by atoms with Crippen molar-refractivity contribution in [1.29, 1.82) is 0 Å².